The normalized spacial score (nSPS) is 10.1. The fourth-order valence-electron chi connectivity index (χ4n) is 1.67. The Morgan fingerprint density at radius 1 is 1.21 bits per heavy atom. The van der Waals surface area contributed by atoms with Crippen molar-refractivity contribution in [2.75, 3.05) is 21.3 Å². The van der Waals surface area contributed by atoms with E-state index in [9.17, 15) is 4.79 Å². The standard InChI is InChI=1S/C13H13NO4S/c1-16-8-4-5-10(17-2)9(6-8)12-11(13(15)18-3)14-7-19-12/h4-7H,1-3H3. The molecule has 6 heteroatoms. The zero-order valence-electron chi connectivity index (χ0n) is 10.8. The summed E-state index contributed by atoms with van der Waals surface area (Å²) in [7, 11) is 4.48. The Morgan fingerprint density at radius 2 is 2.00 bits per heavy atom. The minimum absolute atomic E-state index is 0.277. The Kier molecular flexibility index (Phi) is 4.01. The first kappa shape index (κ1) is 13.4. The second kappa shape index (κ2) is 5.71. The first-order valence-electron chi connectivity index (χ1n) is 5.45. The summed E-state index contributed by atoms with van der Waals surface area (Å²) in [6.45, 7) is 0. The number of methoxy groups -OCH3 is 3. The van der Waals surface area contributed by atoms with Crippen molar-refractivity contribution in [1.82, 2.24) is 4.98 Å². The molecule has 0 saturated carbocycles. The molecule has 1 aromatic carbocycles. The van der Waals surface area contributed by atoms with Crippen molar-refractivity contribution in [3.63, 3.8) is 0 Å². The minimum Gasteiger partial charge on any atom is -0.497 e. The second-order valence-electron chi connectivity index (χ2n) is 3.59. The molecule has 0 unspecified atom stereocenters. The SMILES string of the molecule is COC(=O)c1ncsc1-c1cc(OC)ccc1OC. The van der Waals surface area contributed by atoms with Crippen LogP contribution in [0.4, 0.5) is 0 Å². The smallest absolute Gasteiger partial charge is 0.358 e. The number of ether oxygens (including phenoxy) is 3. The zero-order chi connectivity index (χ0) is 13.8. The lowest BCUT2D eigenvalue weighted by atomic mass is 10.1. The van der Waals surface area contributed by atoms with Gasteiger partial charge in [0.25, 0.3) is 0 Å². The first-order chi connectivity index (χ1) is 9.21. The highest BCUT2D eigenvalue weighted by Crippen LogP contribution is 2.37. The number of nitrogens with zero attached hydrogens (tertiary/aromatic N) is 1. The van der Waals surface area contributed by atoms with Crippen molar-refractivity contribution in [3.05, 3.63) is 29.4 Å². The highest BCUT2D eigenvalue weighted by atomic mass is 32.1. The van der Waals surface area contributed by atoms with Crippen LogP contribution in [-0.2, 0) is 4.74 Å². The van der Waals surface area contributed by atoms with Crippen molar-refractivity contribution >= 4 is 17.3 Å². The van der Waals surface area contributed by atoms with Crippen molar-refractivity contribution in [3.8, 4) is 21.9 Å². The number of thiazole rings is 1. The Balaban J connectivity index is 2.57. The van der Waals surface area contributed by atoms with E-state index >= 15 is 0 Å². The van der Waals surface area contributed by atoms with E-state index in [-0.39, 0.29) is 5.69 Å². The average Bonchev–Trinajstić information content (AvgIpc) is 2.94. The third-order valence-corrected chi connectivity index (χ3v) is 3.46. The van der Waals surface area contributed by atoms with Gasteiger partial charge in [0.1, 0.15) is 11.5 Å². The predicted octanol–water partition coefficient (Wildman–Crippen LogP) is 2.61. The van der Waals surface area contributed by atoms with E-state index in [2.05, 4.69) is 4.98 Å². The van der Waals surface area contributed by atoms with Gasteiger partial charge >= 0.3 is 5.97 Å². The molecule has 0 fully saturated rings. The highest BCUT2D eigenvalue weighted by molar-refractivity contribution is 7.13. The average molecular weight is 279 g/mol. The largest absolute Gasteiger partial charge is 0.497 e. The number of hydrogen-bond donors (Lipinski definition) is 0. The van der Waals surface area contributed by atoms with Crippen molar-refractivity contribution in [2.24, 2.45) is 0 Å². The van der Waals surface area contributed by atoms with E-state index < -0.39 is 5.97 Å². The molecule has 1 heterocycles. The number of carbonyl (C=O) groups is 1. The van der Waals surface area contributed by atoms with E-state index in [4.69, 9.17) is 14.2 Å². The van der Waals surface area contributed by atoms with E-state index in [1.807, 2.05) is 0 Å². The van der Waals surface area contributed by atoms with Crippen molar-refractivity contribution < 1.29 is 19.0 Å². The van der Waals surface area contributed by atoms with Gasteiger partial charge in [-0.25, -0.2) is 9.78 Å². The van der Waals surface area contributed by atoms with Crippen LogP contribution in [0.3, 0.4) is 0 Å². The number of rotatable bonds is 4. The molecule has 1 aromatic heterocycles. The summed E-state index contributed by atoms with van der Waals surface area (Å²) in [6.07, 6.45) is 0. The summed E-state index contributed by atoms with van der Waals surface area (Å²) in [4.78, 5) is 16.4. The number of benzene rings is 1. The zero-order valence-corrected chi connectivity index (χ0v) is 11.6. The van der Waals surface area contributed by atoms with Crippen LogP contribution >= 0.6 is 11.3 Å². The quantitative estimate of drug-likeness (QED) is 0.805. The van der Waals surface area contributed by atoms with Gasteiger partial charge in [0, 0.05) is 5.56 Å². The van der Waals surface area contributed by atoms with Gasteiger partial charge in [0.15, 0.2) is 5.69 Å². The van der Waals surface area contributed by atoms with Gasteiger partial charge in [-0.05, 0) is 18.2 Å². The maximum atomic E-state index is 11.7. The number of hydrogen-bond acceptors (Lipinski definition) is 6. The number of esters is 1. The number of aromatic nitrogens is 1. The minimum atomic E-state index is -0.471. The molecule has 2 rings (SSSR count). The van der Waals surface area contributed by atoms with Crippen LogP contribution in [0.25, 0.3) is 10.4 Å². The maximum absolute atomic E-state index is 11.7. The first-order valence-corrected chi connectivity index (χ1v) is 6.33. The molecule has 0 radical (unpaired) electrons. The molecule has 100 valence electrons. The molecule has 2 aromatic rings. The fourth-order valence-corrected chi connectivity index (χ4v) is 2.47. The summed E-state index contributed by atoms with van der Waals surface area (Å²) in [5.41, 5.74) is 2.63. The van der Waals surface area contributed by atoms with Crippen molar-refractivity contribution in [2.45, 2.75) is 0 Å². The van der Waals surface area contributed by atoms with Crippen LogP contribution in [0, 0.1) is 0 Å². The van der Waals surface area contributed by atoms with E-state index in [0.29, 0.717) is 16.4 Å². The van der Waals surface area contributed by atoms with E-state index in [0.717, 1.165) is 5.56 Å². The molecule has 0 amide bonds. The van der Waals surface area contributed by atoms with Gasteiger partial charge < -0.3 is 14.2 Å². The van der Waals surface area contributed by atoms with Gasteiger partial charge in [0.2, 0.25) is 0 Å². The lowest BCUT2D eigenvalue weighted by molar-refractivity contribution is 0.0596. The van der Waals surface area contributed by atoms with Gasteiger partial charge in [-0.15, -0.1) is 11.3 Å². The van der Waals surface area contributed by atoms with Crippen LogP contribution in [0.1, 0.15) is 10.5 Å². The molecule has 0 bridgehead atoms. The van der Waals surface area contributed by atoms with Gasteiger partial charge in [-0.1, -0.05) is 0 Å². The molecule has 0 spiro atoms. The van der Waals surface area contributed by atoms with Crippen LogP contribution in [0.2, 0.25) is 0 Å². The summed E-state index contributed by atoms with van der Waals surface area (Å²) < 4.78 is 15.2. The van der Waals surface area contributed by atoms with E-state index in [1.54, 1.807) is 37.9 Å². The molecule has 0 N–H and O–H groups in total. The molecule has 0 atom stereocenters. The van der Waals surface area contributed by atoms with Crippen LogP contribution < -0.4 is 9.47 Å². The lowest BCUT2D eigenvalue weighted by Gasteiger charge is -2.09. The lowest BCUT2D eigenvalue weighted by Crippen LogP contribution is -2.03. The Labute approximate surface area is 114 Å². The molecule has 0 saturated heterocycles. The van der Waals surface area contributed by atoms with E-state index in [1.165, 1.54) is 18.4 Å². The number of carbonyl (C=O) groups excluding carboxylic acids is 1. The molecular formula is C13H13NO4S. The third-order valence-electron chi connectivity index (χ3n) is 2.60. The van der Waals surface area contributed by atoms with Gasteiger partial charge in [-0.3, -0.25) is 0 Å². The second-order valence-corrected chi connectivity index (χ2v) is 4.44. The van der Waals surface area contributed by atoms with Crippen LogP contribution in [-0.4, -0.2) is 32.3 Å². The third kappa shape index (κ3) is 2.53. The topological polar surface area (TPSA) is 57.7 Å². The summed E-state index contributed by atoms with van der Waals surface area (Å²) >= 11 is 1.35. The maximum Gasteiger partial charge on any atom is 0.358 e. The molecule has 0 aliphatic rings. The van der Waals surface area contributed by atoms with Crippen LogP contribution in [0.15, 0.2) is 23.7 Å². The fraction of sp³-hybridized carbons (Fsp3) is 0.231. The Bertz CT molecular complexity index is 594. The molecule has 0 aliphatic carbocycles. The Morgan fingerprint density at radius 3 is 2.63 bits per heavy atom. The molecule has 5 nitrogen and oxygen atoms in total. The predicted molar refractivity (Wildman–Crippen MR) is 72.0 cm³/mol. The molecule has 19 heavy (non-hydrogen) atoms. The monoisotopic (exact) mass is 279 g/mol. The molecular weight excluding hydrogens is 266 g/mol. The van der Waals surface area contributed by atoms with Gasteiger partial charge in [0.05, 0.1) is 31.7 Å². The highest BCUT2D eigenvalue weighted by Gasteiger charge is 2.20. The molecule has 0 aliphatic heterocycles. The Hall–Kier alpha value is -2.08. The summed E-state index contributed by atoms with van der Waals surface area (Å²) in [6, 6.07) is 5.38. The van der Waals surface area contributed by atoms with Crippen LogP contribution in [0.5, 0.6) is 11.5 Å². The van der Waals surface area contributed by atoms with Crippen molar-refractivity contribution in [1.29, 1.82) is 0 Å². The summed E-state index contributed by atoms with van der Waals surface area (Å²) in [5, 5.41) is 0. The van der Waals surface area contributed by atoms with Gasteiger partial charge in [-0.2, -0.15) is 0 Å². The summed E-state index contributed by atoms with van der Waals surface area (Å²) in [5.74, 6) is 0.858.